The molecule has 0 saturated heterocycles. The maximum atomic E-state index is 12.4. The number of benzene rings is 1. The van der Waals surface area contributed by atoms with E-state index in [2.05, 4.69) is 31.4 Å². The van der Waals surface area contributed by atoms with Crippen LogP contribution in [0.15, 0.2) is 35.1 Å². The van der Waals surface area contributed by atoms with Gasteiger partial charge in [0.25, 0.3) is 0 Å². The molecule has 0 radical (unpaired) electrons. The number of nitrogens with one attached hydrogen (secondary N) is 1. The number of hydrogen-bond acceptors (Lipinski definition) is 3. The van der Waals surface area contributed by atoms with Crippen molar-refractivity contribution in [3.05, 3.63) is 46.5 Å². The van der Waals surface area contributed by atoms with Crippen LogP contribution in [0.25, 0.3) is 0 Å². The molecular formula is C14H15BrN4O. The van der Waals surface area contributed by atoms with Gasteiger partial charge in [-0.2, -0.15) is 0 Å². The predicted octanol–water partition coefficient (Wildman–Crippen LogP) is 1.93. The topological polar surface area (TPSA) is 59.8 Å². The zero-order valence-corrected chi connectivity index (χ0v) is 12.7. The van der Waals surface area contributed by atoms with Crippen molar-refractivity contribution in [3.8, 4) is 0 Å². The Hall–Kier alpha value is -1.69. The van der Waals surface area contributed by atoms with Gasteiger partial charge in [0.15, 0.2) is 5.82 Å². The molecule has 0 atom stereocenters. The molecule has 1 amide bonds. The molecule has 1 heterocycles. The minimum atomic E-state index is -0.348. The van der Waals surface area contributed by atoms with Gasteiger partial charge in [-0.3, -0.25) is 4.79 Å². The SMILES string of the molecule is Cn1cnnc1CNC(=O)C1(c2ccc(Br)cc2)CC1. The van der Waals surface area contributed by atoms with Gasteiger partial charge in [0.1, 0.15) is 6.33 Å². The fraction of sp³-hybridized carbons (Fsp3) is 0.357. The summed E-state index contributed by atoms with van der Waals surface area (Å²) in [5.74, 6) is 0.827. The highest BCUT2D eigenvalue weighted by Crippen LogP contribution is 2.48. The Balaban J connectivity index is 1.70. The molecule has 2 aromatic rings. The number of carbonyl (C=O) groups excluding carboxylic acids is 1. The second-order valence-corrected chi connectivity index (χ2v) is 6.05. The number of amides is 1. The lowest BCUT2D eigenvalue weighted by Gasteiger charge is -2.15. The van der Waals surface area contributed by atoms with Crippen LogP contribution in [0.1, 0.15) is 24.2 Å². The number of halogens is 1. The molecule has 1 saturated carbocycles. The molecule has 3 rings (SSSR count). The van der Waals surface area contributed by atoms with E-state index in [1.807, 2.05) is 31.3 Å². The summed E-state index contributed by atoms with van der Waals surface area (Å²) >= 11 is 3.42. The standard InChI is InChI=1S/C14H15BrN4O/c1-19-9-17-18-12(19)8-16-13(20)14(6-7-14)10-2-4-11(15)5-3-10/h2-5,9H,6-8H2,1H3,(H,16,20). The summed E-state index contributed by atoms with van der Waals surface area (Å²) in [5.41, 5.74) is 0.732. The number of carbonyl (C=O) groups is 1. The lowest BCUT2D eigenvalue weighted by Crippen LogP contribution is -2.34. The van der Waals surface area contributed by atoms with Gasteiger partial charge in [0, 0.05) is 11.5 Å². The van der Waals surface area contributed by atoms with Gasteiger partial charge in [0.2, 0.25) is 5.91 Å². The highest BCUT2D eigenvalue weighted by Gasteiger charge is 2.51. The Labute approximate surface area is 125 Å². The quantitative estimate of drug-likeness (QED) is 0.929. The molecule has 0 bridgehead atoms. The zero-order chi connectivity index (χ0) is 14.2. The predicted molar refractivity (Wildman–Crippen MR) is 77.9 cm³/mol. The third-order valence-corrected chi connectivity index (χ3v) is 4.32. The molecule has 1 aliphatic rings. The van der Waals surface area contributed by atoms with E-state index in [1.165, 1.54) is 0 Å². The summed E-state index contributed by atoms with van der Waals surface area (Å²) in [5, 5.41) is 10.7. The van der Waals surface area contributed by atoms with Crippen molar-refractivity contribution in [2.45, 2.75) is 24.8 Å². The lowest BCUT2D eigenvalue weighted by molar-refractivity contribution is -0.123. The molecule has 0 aliphatic heterocycles. The van der Waals surface area contributed by atoms with Crippen LogP contribution in [0.2, 0.25) is 0 Å². The third-order valence-electron chi connectivity index (χ3n) is 3.79. The van der Waals surface area contributed by atoms with Crippen molar-refractivity contribution in [1.29, 1.82) is 0 Å². The van der Waals surface area contributed by atoms with Crippen LogP contribution < -0.4 is 5.32 Å². The van der Waals surface area contributed by atoms with Crippen molar-refractivity contribution in [2.24, 2.45) is 7.05 Å². The molecule has 20 heavy (non-hydrogen) atoms. The van der Waals surface area contributed by atoms with Gasteiger partial charge in [0.05, 0.1) is 12.0 Å². The average molecular weight is 335 g/mol. The summed E-state index contributed by atoms with van der Waals surface area (Å²) < 4.78 is 2.83. The van der Waals surface area contributed by atoms with E-state index in [0.29, 0.717) is 6.54 Å². The van der Waals surface area contributed by atoms with E-state index < -0.39 is 0 Å². The van der Waals surface area contributed by atoms with E-state index in [4.69, 9.17) is 0 Å². The smallest absolute Gasteiger partial charge is 0.231 e. The van der Waals surface area contributed by atoms with Gasteiger partial charge in [-0.25, -0.2) is 0 Å². The molecule has 104 valence electrons. The molecule has 0 unspecified atom stereocenters. The lowest BCUT2D eigenvalue weighted by atomic mass is 9.95. The fourth-order valence-corrected chi connectivity index (χ4v) is 2.60. The van der Waals surface area contributed by atoms with Crippen molar-refractivity contribution < 1.29 is 4.79 Å². The molecule has 1 aromatic heterocycles. The second-order valence-electron chi connectivity index (χ2n) is 5.13. The summed E-state index contributed by atoms with van der Waals surface area (Å²) in [7, 11) is 1.86. The Bertz CT molecular complexity index is 631. The van der Waals surface area contributed by atoms with E-state index in [9.17, 15) is 4.79 Å². The van der Waals surface area contributed by atoms with Crippen LogP contribution in [-0.4, -0.2) is 20.7 Å². The minimum Gasteiger partial charge on any atom is -0.348 e. The highest BCUT2D eigenvalue weighted by atomic mass is 79.9. The highest BCUT2D eigenvalue weighted by molar-refractivity contribution is 9.10. The third kappa shape index (κ3) is 2.35. The van der Waals surface area contributed by atoms with Gasteiger partial charge >= 0.3 is 0 Å². The van der Waals surface area contributed by atoms with Crippen LogP contribution in [0.5, 0.6) is 0 Å². The van der Waals surface area contributed by atoms with Crippen LogP contribution in [-0.2, 0) is 23.8 Å². The molecule has 6 heteroatoms. The average Bonchev–Trinajstić information content (AvgIpc) is 3.15. The maximum absolute atomic E-state index is 12.4. The molecular weight excluding hydrogens is 320 g/mol. The van der Waals surface area contributed by atoms with Crippen molar-refractivity contribution in [2.75, 3.05) is 0 Å². The second kappa shape index (κ2) is 5.01. The summed E-state index contributed by atoms with van der Waals surface area (Å²) in [4.78, 5) is 12.4. The number of nitrogens with zero attached hydrogens (tertiary/aromatic N) is 3. The molecule has 5 nitrogen and oxygen atoms in total. The summed E-state index contributed by atoms with van der Waals surface area (Å²) in [6.07, 6.45) is 3.43. The molecule has 1 aliphatic carbocycles. The normalized spacial score (nSPS) is 15.9. The van der Waals surface area contributed by atoms with Crippen molar-refractivity contribution >= 4 is 21.8 Å². The minimum absolute atomic E-state index is 0.0721. The molecule has 1 N–H and O–H groups in total. The number of rotatable bonds is 4. The Morgan fingerprint density at radius 1 is 1.40 bits per heavy atom. The first-order chi connectivity index (χ1) is 9.62. The van der Waals surface area contributed by atoms with Crippen molar-refractivity contribution in [3.63, 3.8) is 0 Å². The summed E-state index contributed by atoms with van der Waals surface area (Å²) in [6, 6.07) is 7.98. The van der Waals surface area contributed by atoms with E-state index in [0.717, 1.165) is 28.7 Å². The molecule has 1 aromatic carbocycles. The van der Waals surface area contributed by atoms with Gasteiger partial charge in [-0.15, -0.1) is 10.2 Å². The van der Waals surface area contributed by atoms with Crippen LogP contribution in [0.4, 0.5) is 0 Å². The largest absolute Gasteiger partial charge is 0.348 e. The first-order valence-corrected chi connectivity index (χ1v) is 7.28. The Morgan fingerprint density at radius 2 is 2.10 bits per heavy atom. The van der Waals surface area contributed by atoms with Crippen LogP contribution >= 0.6 is 15.9 Å². The van der Waals surface area contributed by atoms with Gasteiger partial charge in [-0.1, -0.05) is 28.1 Å². The van der Waals surface area contributed by atoms with Crippen LogP contribution in [0, 0.1) is 0 Å². The first kappa shape index (κ1) is 13.3. The number of hydrogen-bond donors (Lipinski definition) is 1. The maximum Gasteiger partial charge on any atom is 0.231 e. The number of aromatic nitrogens is 3. The van der Waals surface area contributed by atoms with Crippen LogP contribution in [0.3, 0.4) is 0 Å². The first-order valence-electron chi connectivity index (χ1n) is 6.49. The monoisotopic (exact) mass is 334 g/mol. The van der Waals surface area contributed by atoms with Gasteiger partial charge in [-0.05, 0) is 30.5 Å². The van der Waals surface area contributed by atoms with E-state index in [1.54, 1.807) is 10.9 Å². The molecule has 0 spiro atoms. The fourth-order valence-electron chi connectivity index (χ4n) is 2.34. The van der Waals surface area contributed by atoms with E-state index in [-0.39, 0.29) is 11.3 Å². The Kier molecular flexibility index (Phi) is 3.33. The zero-order valence-electron chi connectivity index (χ0n) is 11.1. The molecule has 1 fully saturated rings. The summed E-state index contributed by atoms with van der Waals surface area (Å²) in [6.45, 7) is 0.410. The van der Waals surface area contributed by atoms with Gasteiger partial charge < -0.3 is 9.88 Å². The van der Waals surface area contributed by atoms with Crippen molar-refractivity contribution in [1.82, 2.24) is 20.1 Å². The van der Waals surface area contributed by atoms with E-state index >= 15 is 0 Å². The number of aryl methyl sites for hydroxylation is 1. The Morgan fingerprint density at radius 3 is 2.65 bits per heavy atom.